The van der Waals surface area contributed by atoms with Crippen molar-refractivity contribution in [1.82, 2.24) is 5.32 Å². The Labute approximate surface area is 120 Å². The first-order valence-electron chi connectivity index (χ1n) is 6.46. The van der Waals surface area contributed by atoms with Crippen LogP contribution in [-0.2, 0) is 0 Å². The van der Waals surface area contributed by atoms with Crippen LogP contribution in [0, 0.1) is 5.82 Å². The van der Waals surface area contributed by atoms with Gasteiger partial charge in [0.1, 0.15) is 5.82 Å². The van der Waals surface area contributed by atoms with Crippen molar-refractivity contribution in [2.75, 3.05) is 6.54 Å². The summed E-state index contributed by atoms with van der Waals surface area (Å²) in [7, 11) is 0. The molecule has 19 heavy (non-hydrogen) atoms. The highest BCUT2D eigenvalue weighted by atomic mass is 79.9. The predicted molar refractivity (Wildman–Crippen MR) is 74.5 cm³/mol. The van der Waals surface area contributed by atoms with Gasteiger partial charge in [-0.2, -0.15) is 0 Å². The predicted octanol–water partition coefficient (Wildman–Crippen LogP) is 3.01. The highest BCUT2D eigenvalue weighted by molar-refractivity contribution is 9.10. The zero-order valence-corrected chi connectivity index (χ0v) is 12.2. The number of benzene rings is 1. The number of rotatable bonds is 3. The second-order valence-corrected chi connectivity index (χ2v) is 6.01. The lowest BCUT2D eigenvalue weighted by atomic mass is 9.85. The van der Waals surface area contributed by atoms with E-state index in [1.165, 1.54) is 12.1 Å². The summed E-state index contributed by atoms with van der Waals surface area (Å²) in [6.45, 7) is 0.178. The molecule has 0 saturated heterocycles. The molecule has 1 amide bonds. The van der Waals surface area contributed by atoms with Crippen LogP contribution in [0.1, 0.15) is 42.5 Å². The van der Waals surface area contributed by atoms with Crippen molar-refractivity contribution >= 4 is 21.8 Å². The van der Waals surface area contributed by atoms with Gasteiger partial charge >= 0.3 is 0 Å². The Kier molecular flexibility index (Phi) is 4.58. The van der Waals surface area contributed by atoms with Crippen molar-refractivity contribution in [3.05, 3.63) is 34.1 Å². The van der Waals surface area contributed by atoms with Crippen molar-refractivity contribution in [2.24, 2.45) is 0 Å². The third-order valence-electron chi connectivity index (χ3n) is 3.54. The van der Waals surface area contributed by atoms with Gasteiger partial charge in [0.15, 0.2) is 0 Å². The lowest BCUT2D eigenvalue weighted by molar-refractivity contribution is 0.00521. The minimum Gasteiger partial charge on any atom is -0.388 e. The summed E-state index contributed by atoms with van der Waals surface area (Å²) < 4.78 is 14.2. The molecule has 2 N–H and O–H groups in total. The van der Waals surface area contributed by atoms with E-state index in [1.54, 1.807) is 6.07 Å². The van der Waals surface area contributed by atoms with Gasteiger partial charge in [-0.25, -0.2) is 4.39 Å². The average Bonchev–Trinajstić information content (AvgIpc) is 2.40. The molecule has 1 fully saturated rings. The first-order chi connectivity index (χ1) is 9.00. The van der Waals surface area contributed by atoms with Crippen LogP contribution in [0.3, 0.4) is 0 Å². The average molecular weight is 330 g/mol. The molecule has 0 unspecified atom stereocenters. The maximum Gasteiger partial charge on any atom is 0.254 e. The molecule has 1 aromatic rings. The fraction of sp³-hybridized carbons (Fsp3) is 0.500. The topological polar surface area (TPSA) is 49.3 Å². The molecule has 0 heterocycles. The fourth-order valence-electron chi connectivity index (χ4n) is 2.40. The number of nitrogens with one attached hydrogen (secondary N) is 1. The molecule has 0 radical (unpaired) electrons. The van der Waals surface area contributed by atoms with E-state index in [0.717, 1.165) is 19.3 Å². The molecule has 104 valence electrons. The second kappa shape index (κ2) is 6.01. The van der Waals surface area contributed by atoms with E-state index < -0.39 is 17.3 Å². The first kappa shape index (κ1) is 14.5. The maximum absolute atomic E-state index is 13.5. The smallest absolute Gasteiger partial charge is 0.254 e. The van der Waals surface area contributed by atoms with Crippen molar-refractivity contribution in [2.45, 2.75) is 37.7 Å². The van der Waals surface area contributed by atoms with Crippen LogP contribution < -0.4 is 5.32 Å². The summed E-state index contributed by atoms with van der Waals surface area (Å²) in [6.07, 6.45) is 4.44. The monoisotopic (exact) mass is 329 g/mol. The SMILES string of the molecule is O=C(NCC1(O)CCCCC1)c1cc(Br)ccc1F. The van der Waals surface area contributed by atoms with E-state index in [4.69, 9.17) is 0 Å². The molecule has 1 aromatic carbocycles. The molecule has 3 nitrogen and oxygen atoms in total. The van der Waals surface area contributed by atoms with Crippen LogP contribution in [-0.4, -0.2) is 23.2 Å². The van der Waals surface area contributed by atoms with E-state index >= 15 is 0 Å². The Morgan fingerprint density at radius 1 is 1.37 bits per heavy atom. The van der Waals surface area contributed by atoms with Gasteiger partial charge in [0.25, 0.3) is 5.91 Å². The maximum atomic E-state index is 13.5. The minimum atomic E-state index is -0.837. The van der Waals surface area contributed by atoms with E-state index in [0.29, 0.717) is 17.3 Å². The lowest BCUT2D eigenvalue weighted by Crippen LogP contribution is -2.44. The molecule has 0 aliphatic heterocycles. The summed E-state index contributed by atoms with van der Waals surface area (Å²) in [5.41, 5.74) is -0.843. The molecule has 1 aliphatic carbocycles. The van der Waals surface area contributed by atoms with Crippen molar-refractivity contribution in [1.29, 1.82) is 0 Å². The number of halogens is 2. The van der Waals surface area contributed by atoms with Gasteiger partial charge in [-0.3, -0.25) is 4.79 Å². The number of hydrogen-bond donors (Lipinski definition) is 2. The molecule has 0 bridgehead atoms. The number of carbonyl (C=O) groups excluding carboxylic acids is 1. The van der Waals surface area contributed by atoms with Gasteiger partial charge in [0.05, 0.1) is 11.2 Å². The first-order valence-corrected chi connectivity index (χ1v) is 7.25. The number of carbonyl (C=O) groups is 1. The van der Waals surface area contributed by atoms with Crippen LogP contribution >= 0.6 is 15.9 Å². The van der Waals surface area contributed by atoms with Crippen molar-refractivity contribution < 1.29 is 14.3 Å². The molecule has 1 saturated carbocycles. The van der Waals surface area contributed by atoms with Crippen LogP contribution in [0.25, 0.3) is 0 Å². The van der Waals surface area contributed by atoms with Crippen LogP contribution in [0.2, 0.25) is 0 Å². The van der Waals surface area contributed by atoms with Gasteiger partial charge < -0.3 is 10.4 Å². The summed E-state index contributed by atoms with van der Waals surface area (Å²) in [5, 5.41) is 12.9. The van der Waals surface area contributed by atoms with Gasteiger partial charge in [-0.1, -0.05) is 35.2 Å². The van der Waals surface area contributed by atoms with Crippen molar-refractivity contribution in [3.63, 3.8) is 0 Å². The van der Waals surface area contributed by atoms with Gasteiger partial charge in [0.2, 0.25) is 0 Å². The normalized spacial score (nSPS) is 18.1. The lowest BCUT2D eigenvalue weighted by Gasteiger charge is -2.32. The molecule has 0 atom stereocenters. The van der Waals surface area contributed by atoms with E-state index in [9.17, 15) is 14.3 Å². The summed E-state index contributed by atoms with van der Waals surface area (Å²) in [5.74, 6) is -1.05. The summed E-state index contributed by atoms with van der Waals surface area (Å²) >= 11 is 3.21. The van der Waals surface area contributed by atoms with Crippen LogP contribution in [0.15, 0.2) is 22.7 Å². The highest BCUT2D eigenvalue weighted by Gasteiger charge is 2.29. The zero-order chi connectivity index (χ0) is 13.9. The van der Waals surface area contributed by atoms with E-state index in [1.807, 2.05) is 0 Å². The standard InChI is InChI=1S/C14H17BrFNO2/c15-10-4-5-12(16)11(8-10)13(18)17-9-14(19)6-2-1-3-7-14/h4-5,8,19H,1-3,6-7,9H2,(H,17,18). The molecule has 0 spiro atoms. The Bertz CT molecular complexity index is 473. The Hall–Kier alpha value is -0.940. The van der Waals surface area contributed by atoms with E-state index in [2.05, 4.69) is 21.2 Å². The molecular formula is C14H17BrFNO2. The molecular weight excluding hydrogens is 313 g/mol. The largest absolute Gasteiger partial charge is 0.388 e. The molecule has 5 heteroatoms. The third kappa shape index (κ3) is 3.76. The molecule has 1 aliphatic rings. The summed E-state index contributed by atoms with van der Waals surface area (Å²) in [6, 6.07) is 4.23. The quantitative estimate of drug-likeness (QED) is 0.895. The minimum absolute atomic E-state index is 0.00576. The summed E-state index contributed by atoms with van der Waals surface area (Å²) in [4.78, 5) is 11.9. The number of hydrogen-bond acceptors (Lipinski definition) is 2. The Balaban J connectivity index is 1.99. The van der Waals surface area contributed by atoms with Crippen LogP contribution in [0.4, 0.5) is 4.39 Å². The molecule has 2 rings (SSSR count). The highest BCUT2D eigenvalue weighted by Crippen LogP contribution is 2.27. The third-order valence-corrected chi connectivity index (χ3v) is 4.03. The van der Waals surface area contributed by atoms with Gasteiger partial charge in [-0.05, 0) is 31.0 Å². The molecule has 0 aromatic heterocycles. The fourth-order valence-corrected chi connectivity index (χ4v) is 2.76. The van der Waals surface area contributed by atoms with Crippen LogP contribution in [0.5, 0.6) is 0 Å². The van der Waals surface area contributed by atoms with Gasteiger partial charge in [-0.15, -0.1) is 0 Å². The number of amides is 1. The Morgan fingerprint density at radius 2 is 2.05 bits per heavy atom. The Morgan fingerprint density at radius 3 is 2.74 bits per heavy atom. The zero-order valence-electron chi connectivity index (χ0n) is 10.6. The van der Waals surface area contributed by atoms with Crippen molar-refractivity contribution in [3.8, 4) is 0 Å². The van der Waals surface area contributed by atoms with Gasteiger partial charge in [0, 0.05) is 11.0 Å². The number of aliphatic hydroxyl groups is 1. The van der Waals surface area contributed by atoms with E-state index in [-0.39, 0.29) is 12.1 Å². The second-order valence-electron chi connectivity index (χ2n) is 5.09.